The second-order valence-corrected chi connectivity index (χ2v) is 5.47. The average molecular weight is 297 g/mol. The number of aromatic amines is 1. The zero-order valence-corrected chi connectivity index (χ0v) is 12.1. The van der Waals surface area contributed by atoms with Crippen LogP contribution in [0.3, 0.4) is 0 Å². The van der Waals surface area contributed by atoms with E-state index in [0.29, 0.717) is 16.7 Å². The summed E-state index contributed by atoms with van der Waals surface area (Å²) in [5.74, 6) is -0.0243. The van der Waals surface area contributed by atoms with Crippen molar-refractivity contribution in [2.45, 2.75) is 18.9 Å². The highest BCUT2D eigenvalue weighted by molar-refractivity contribution is 5.96. The first-order chi connectivity index (χ1) is 10.7. The number of pyridine rings is 1. The van der Waals surface area contributed by atoms with Crippen LogP contribution in [0.15, 0.2) is 24.7 Å². The van der Waals surface area contributed by atoms with Crippen molar-refractivity contribution in [3.63, 3.8) is 0 Å². The number of rotatable bonds is 2. The number of aromatic nitrogens is 6. The summed E-state index contributed by atoms with van der Waals surface area (Å²) in [5, 5.41) is 14.7. The van der Waals surface area contributed by atoms with Crippen LogP contribution in [0, 0.1) is 0 Å². The van der Waals surface area contributed by atoms with Crippen LogP contribution in [0.25, 0.3) is 11.2 Å². The third-order valence-corrected chi connectivity index (χ3v) is 4.11. The number of hydrogen-bond donors (Lipinski definition) is 1. The Morgan fingerprint density at radius 3 is 3.14 bits per heavy atom. The van der Waals surface area contributed by atoms with E-state index in [0.717, 1.165) is 24.9 Å². The number of nitrogens with zero attached hydrogens (tertiary/aromatic N) is 6. The molecule has 1 saturated heterocycles. The molecule has 112 valence electrons. The second kappa shape index (κ2) is 4.90. The van der Waals surface area contributed by atoms with Gasteiger partial charge >= 0.3 is 0 Å². The van der Waals surface area contributed by atoms with Crippen LogP contribution in [0.5, 0.6) is 0 Å². The van der Waals surface area contributed by atoms with Crippen LogP contribution in [0.2, 0.25) is 0 Å². The molecule has 0 bridgehead atoms. The van der Waals surface area contributed by atoms with Gasteiger partial charge in [0.2, 0.25) is 0 Å². The van der Waals surface area contributed by atoms with E-state index < -0.39 is 0 Å². The lowest BCUT2D eigenvalue weighted by atomic mass is 10.1. The zero-order chi connectivity index (χ0) is 15.1. The molecular formula is C14H15N7O. The highest BCUT2D eigenvalue weighted by Crippen LogP contribution is 2.32. The largest absolute Gasteiger partial charge is 0.331 e. The minimum Gasteiger partial charge on any atom is -0.331 e. The molecule has 0 aliphatic carbocycles. The van der Waals surface area contributed by atoms with E-state index >= 15 is 0 Å². The van der Waals surface area contributed by atoms with Crippen LogP contribution in [0.1, 0.15) is 34.8 Å². The van der Waals surface area contributed by atoms with Crippen molar-refractivity contribution in [1.82, 2.24) is 35.1 Å². The van der Waals surface area contributed by atoms with Crippen molar-refractivity contribution in [3.8, 4) is 0 Å². The summed E-state index contributed by atoms with van der Waals surface area (Å²) >= 11 is 0. The number of likely N-dealkylation sites (tertiary alicyclic amines) is 1. The van der Waals surface area contributed by atoms with Crippen molar-refractivity contribution in [2.75, 3.05) is 6.54 Å². The van der Waals surface area contributed by atoms with Crippen LogP contribution < -0.4 is 0 Å². The van der Waals surface area contributed by atoms with E-state index in [2.05, 4.69) is 25.5 Å². The van der Waals surface area contributed by atoms with Crippen LogP contribution >= 0.6 is 0 Å². The fourth-order valence-electron chi connectivity index (χ4n) is 3.01. The van der Waals surface area contributed by atoms with Crippen LogP contribution in [-0.4, -0.2) is 47.5 Å². The minimum atomic E-state index is -0.0243. The Hall–Kier alpha value is -2.77. The monoisotopic (exact) mass is 297 g/mol. The summed E-state index contributed by atoms with van der Waals surface area (Å²) in [6, 6.07) is 1.83. The fraction of sp³-hybridized carbons (Fsp3) is 0.357. The number of amides is 1. The molecule has 1 unspecified atom stereocenters. The molecule has 0 aromatic carbocycles. The Morgan fingerprint density at radius 2 is 2.32 bits per heavy atom. The van der Waals surface area contributed by atoms with E-state index in [1.807, 2.05) is 11.1 Å². The Balaban J connectivity index is 1.67. The highest BCUT2D eigenvalue weighted by Gasteiger charge is 2.31. The minimum absolute atomic E-state index is 0.0243. The summed E-state index contributed by atoms with van der Waals surface area (Å²) in [6.45, 7) is 0.743. The molecule has 4 rings (SSSR count). The molecule has 8 heteroatoms. The van der Waals surface area contributed by atoms with Gasteiger partial charge in [0.25, 0.3) is 5.91 Å². The van der Waals surface area contributed by atoms with Gasteiger partial charge in [0, 0.05) is 31.5 Å². The zero-order valence-electron chi connectivity index (χ0n) is 12.1. The molecule has 8 nitrogen and oxygen atoms in total. The van der Waals surface area contributed by atoms with Crippen molar-refractivity contribution >= 4 is 17.1 Å². The topological polar surface area (TPSA) is 92.6 Å². The molecule has 3 aromatic rings. The van der Waals surface area contributed by atoms with Crippen molar-refractivity contribution in [2.24, 2.45) is 7.05 Å². The second-order valence-electron chi connectivity index (χ2n) is 5.47. The molecule has 1 aliphatic heterocycles. The first-order valence-electron chi connectivity index (χ1n) is 7.19. The maximum atomic E-state index is 12.8. The van der Waals surface area contributed by atoms with Gasteiger partial charge in [-0.15, -0.1) is 5.10 Å². The number of fused-ring (bicyclic) bond motifs is 1. The van der Waals surface area contributed by atoms with Gasteiger partial charge in [-0.3, -0.25) is 9.89 Å². The number of nitrogens with one attached hydrogen (secondary N) is 1. The van der Waals surface area contributed by atoms with Gasteiger partial charge in [0.15, 0.2) is 5.65 Å². The van der Waals surface area contributed by atoms with Crippen LogP contribution in [-0.2, 0) is 7.05 Å². The molecule has 0 radical (unpaired) electrons. The normalized spacial score (nSPS) is 18.2. The molecule has 0 saturated carbocycles. The molecule has 3 aromatic heterocycles. The standard InChI is InChI=1S/C14H15N7O/c1-20-13-11(18-19-20)5-9(6-15-13)14(22)21-4-2-3-12(21)10-7-16-17-8-10/h5-8,12H,2-4H2,1H3,(H,16,17). The maximum absolute atomic E-state index is 12.8. The maximum Gasteiger partial charge on any atom is 0.256 e. The molecule has 1 aliphatic rings. The number of hydrogen-bond acceptors (Lipinski definition) is 5. The van der Waals surface area contributed by atoms with Gasteiger partial charge in [-0.2, -0.15) is 5.10 Å². The average Bonchev–Trinajstić information content (AvgIpc) is 3.26. The van der Waals surface area contributed by atoms with Gasteiger partial charge in [-0.05, 0) is 18.9 Å². The van der Waals surface area contributed by atoms with Gasteiger partial charge in [0.05, 0.1) is 17.8 Å². The first-order valence-corrected chi connectivity index (χ1v) is 7.19. The van der Waals surface area contributed by atoms with Gasteiger partial charge in [-0.1, -0.05) is 5.21 Å². The molecular weight excluding hydrogens is 282 g/mol. The van der Waals surface area contributed by atoms with Crippen molar-refractivity contribution < 1.29 is 4.79 Å². The lowest BCUT2D eigenvalue weighted by Crippen LogP contribution is -2.30. The highest BCUT2D eigenvalue weighted by atomic mass is 16.2. The molecule has 0 spiro atoms. The summed E-state index contributed by atoms with van der Waals surface area (Å²) in [5.41, 5.74) is 2.89. The third-order valence-electron chi connectivity index (χ3n) is 4.11. The van der Waals surface area contributed by atoms with Crippen molar-refractivity contribution in [1.29, 1.82) is 0 Å². The van der Waals surface area contributed by atoms with E-state index in [1.54, 1.807) is 30.2 Å². The molecule has 1 atom stereocenters. The van der Waals surface area contributed by atoms with Gasteiger partial charge < -0.3 is 4.90 Å². The number of H-pyrrole nitrogens is 1. The smallest absolute Gasteiger partial charge is 0.256 e. The predicted octanol–water partition coefficient (Wildman–Crippen LogP) is 1.06. The number of carbonyl (C=O) groups is 1. The molecule has 4 heterocycles. The SMILES string of the molecule is Cn1nnc2cc(C(=O)N3CCCC3c3cn[nH]c3)cnc21. The predicted molar refractivity (Wildman–Crippen MR) is 77.9 cm³/mol. The molecule has 22 heavy (non-hydrogen) atoms. The Kier molecular flexibility index (Phi) is 2.88. The van der Waals surface area contributed by atoms with E-state index in [4.69, 9.17) is 0 Å². The number of aryl methyl sites for hydroxylation is 1. The Bertz CT molecular complexity index is 823. The van der Waals surface area contributed by atoms with Crippen LogP contribution in [0.4, 0.5) is 0 Å². The Labute approximate surface area is 126 Å². The molecule has 1 fully saturated rings. The lowest BCUT2D eigenvalue weighted by molar-refractivity contribution is 0.0735. The van der Waals surface area contributed by atoms with E-state index in [1.165, 1.54) is 0 Å². The lowest BCUT2D eigenvalue weighted by Gasteiger charge is -2.23. The summed E-state index contributed by atoms with van der Waals surface area (Å²) in [6.07, 6.45) is 7.16. The molecule has 1 amide bonds. The molecule has 1 N–H and O–H groups in total. The quantitative estimate of drug-likeness (QED) is 0.763. The summed E-state index contributed by atoms with van der Waals surface area (Å²) < 4.78 is 1.59. The van der Waals surface area contributed by atoms with Crippen molar-refractivity contribution in [3.05, 3.63) is 35.8 Å². The van der Waals surface area contributed by atoms with E-state index in [-0.39, 0.29) is 11.9 Å². The summed E-state index contributed by atoms with van der Waals surface area (Å²) in [4.78, 5) is 19.0. The number of carbonyl (C=O) groups excluding carboxylic acids is 1. The Morgan fingerprint density at radius 1 is 1.41 bits per heavy atom. The summed E-state index contributed by atoms with van der Waals surface area (Å²) in [7, 11) is 1.78. The first kappa shape index (κ1) is 12.9. The third kappa shape index (κ3) is 1.95. The fourth-order valence-corrected chi connectivity index (χ4v) is 3.01. The van der Waals surface area contributed by atoms with Gasteiger partial charge in [0.1, 0.15) is 5.52 Å². The van der Waals surface area contributed by atoms with E-state index in [9.17, 15) is 4.79 Å². The van der Waals surface area contributed by atoms with Gasteiger partial charge in [-0.25, -0.2) is 9.67 Å².